The van der Waals surface area contributed by atoms with Gasteiger partial charge in [-0.05, 0) is 31.4 Å². The molecule has 106 valence electrons. The Hall–Kier alpha value is -1.40. The SMILES string of the molecule is Fc1ccccc1-c1nc(SC[C@@H]2CCCCO2)n[nH]1. The number of thioether (sulfide) groups is 1. The highest BCUT2D eigenvalue weighted by molar-refractivity contribution is 7.99. The topological polar surface area (TPSA) is 50.8 Å². The Morgan fingerprint density at radius 3 is 3.05 bits per heavy atom. The largest absolute Gasteiger partial charge is 0.377 e. The molecule has 6 heteroatoms. The zero-order valence-electron chi connectivity index (χ0n) is 11.0. The highest BCUT2D eigenvalue weighted by Crippen LogP contribution is 2.24. The zero-order chi connectivity index (χ0) is 13.8. The molecule has 1 N–H and O–H groups in total. The molecule has 2 heterocycles. The first-order chi connectivity index (χ1) is 9.83. The summed E-state index contributed by atoms with van der Waals surface area (Å²) in [6, 6.07) is 6.55. The molecular weight excluding hydrogens is 277 g/mol. The molecule has 1 saturated heterocycles. The highest BCUT2D eigenvalue weighted by atomic mass is 32.2. The third-order valence-corrected chi connectivity index (χ3v) is 4.25. The van der Waals surface area contributed by atoms with E-state index in [0.717, 1.165) is 25.2 Å². The number of H-pyrrole nitrogens is 1. The summed E-state index contributed by atoms with van der Waals surface area (Å²) < 4.78 is 19.3. The van der Waals surface area contributed by atoms with E-state index in [2.05, 4.69) is 15.2 Å². The second kappa shape index (κ2) is 6.37. The van der Waals surface area contributed by atoms with E-state index in [0.29, 0.717) is 16.5 Å². The van der Waals surface area contributed by atoms with Gasteiger partial charge in [-0.2, -0.15) is 0 Å². The molecule has 1 aromatic carbocycles. The van der Waals surface area contributed by atoms with Crippen molar-refractivity contribution in [3.63, 3.8) is 0 Å². The standard InChI is InChI=1S/C14H16FN3OS/c15-12-7-2-1-6-11(12)13-16-14(18-17-13)20-9-10-5-3-4-8-19-10/h1-2,6-7,10H,3-5,8-9H2,(H,16,17,18)/t10-/m0/s1. The molecule has 0 amide bonds. The van der Waals surface area contributed by atoms with E-state index in [-0.39, 0.29) is 11.9 Å². The van der Waals surface area contributed by atoms with Crippen LogP contribution in [-0.2, 0) is 4.74 Å². The quantitative estimate of drug-likeness (QED) is 0.879. The van der Waals surface area contributed by atoms with Crippen LogP contribution in [-0.4, -0.2) is 33.6 Å². The highest BCUT2D eigenvalue weighted by Gasteiger charge is 2.16. The van der Waals surface area contributed by atoms with Gasteiger partial charge < -0.3 is 4.74 Å². The van der Waals surface area contributed by atoms with Gasteiger partial charge in [0.25, 0.3) is 0 Å². The molecule has 0 radical (unpaired) electrons. The molecule has 0 unspecified atom stereocenters. The summed E-state index contributed by atoms with van der Waals surface area (Å²) in [4.78, 5) is 4.33. The molecule has 0 bridgehead atoms. The minimum absolute atomic E-state index is 0.282. The lowest BCUT2D eigenvalue weighted by atomic mass is 10.1. The number of nitrogens with zero attached hydrogens (tertiary/aromatic N) is 2. The van der Waals surface area contributed by atoms with Gasteiger partial charge in [0.2, 0.25) is 5.16 Å². The second-order valence-corrected chi connectivity index (χ2v) is 5.73. The fraction of sp³-hybridized carbons (Fsp3) is 0.429. The molecule has 0 aliphatic carbocycles. The molecule has 0 saturated carbocycles. The first kappa shape index (κ1) is 13.6. The Morgan fingerprint density at radius 2 is 2.25 bits per heavy atom. The lowest BCUT2D eigenvalue weighted by Gasteiger charge is -2.21. The van der Waals surface area contributed by atoms with Gasteiger partial charge in [0.1, 0.15) is 5.82 Å². The van der Waals surface area contributed by atoms with Crippen LogP contribution in [0.25, 0.3) is 11.4 Å². The van der Waals surface area contributed by atoms with Crippen LogP contribution in [0.4, 0.5) is 4.39 Å². The first-order valence-electron chi connectivity index (χ1n) is 6.74. The van der Waals surface area contributed by atoms with Crippen molar-refractivity contribution in [3.8, 4) is 11.4 Å². The van der Waals surface area contributed by atoms with Crippen LogP contribution in [0.2, 0.25) is 0 Å². The Kier molecular flexibility index (Phi) is 4.32. The summed E-state index contributed by atoms with van der Waals surface area (Å²) >= 11 is 1.55. The lowest BCUT2D eigenvalue weighted by Crippen LogP contribution is -2.21. The van der Waals surface area contributed by atoms with E-state index in [9.17, 15) is 4.39 Å². The average Bonchev–Trinajstić information content (AvgIpc) is 2.95. The normalized spacial score (nSPS) is 19.1. The summed E-state index contributed by atoms with van der Waals surface area (Å²) in [5, 5.41) is 7.55. The van der Waals surface area contributed by atoms with Gasteiger partial charge in [-0.3, -0.25) is 5.10 Å². The van der Waals surface area contributed by atoms with Crippen LogP contribution in [0, 0.1) is 5.82 Å². The van der Waals surface area contributed by atoms with Gasteiger partial charge in [-0.1, -0.05) is 23.9 Å². The Morgan fingerprint density at radius 1 is 1.35 bits per heavy atom. The van der Waals surface area contributed by atoms with Crippen molar-refractivity contribution < 1.29 is 9.13 Å². The molecule has 0 spiro atoms. The van der Waals surface area contributed by atoms with E-state index in [4.69, 9.17) is 4.74 Å². The van der Waals surface area contributed by atoms with Gasteiger partial charge in [-0.25, -0.2) is 9.37 Å². The van der Waals surface area contributed by atoms with E-state index in [1.807, 2.05) is 0 Å². The zero-order valence-corrected chi connectivity index (χ0v) is 11.8. The number of benzene rings is 1. The average molecular weight is 293 g/mol. The Balaban J connectivity index is 1.63. The maximum atomic E-state index is 13.6. The van der Waals surface area contributed by atoms with Crippen molar-refractivity contribution in [3.05, 3.63) is 30.1 Å². The van der Waals surface area contributed by atoms with E-state index in [1.54, 1.807) is 30.0 Å². The molecule has 4 nitrogen and oxygen atoms in total. The van der Waals surface area contributed by atoms with Gasteiger partial charge in [0, 0.05) is 12.4 Å². The fourth-order valence-electron chi connectivity index (χ4n) is 2.19. The Bertz CT molecular complexity index is 569. The van der Waals surface area contributed by atoms with Crippen molar-refractivity contribution in [2.75, 3.05) is 12.4 Å². The fourth-order valence-corrected chi connectivity index (χ4v) is 3.05. The van der Waals surface area contributed by atoms with Gasteiger partial charge >= 0.3 is 0 Å². The smallest absolute Gasteiger partial charge is 0.208 e. The number of rotatable bonds is 4. The number of hydrogen-bond donors (Lipinski definition) is 1. The third kappa shape index (κ3) is 3.19. The number of aromatic nitrogens is 3. The lowest BCUT2D eigenvalue weighted by molar-refractivity contribution is 0.0315. The van der Waals surface area contributed by atoms with Crippen LogP contribution in [0.5, 0.6) is 0 Å². The third-order valence-electron chi connectivity index (χ3n) is 3.27. The molecule has 3 rings (SSSR count). The summed E-state index contributed by atoms with van der Waals surface area (Å²) in [6.45, 7) is 0.847. The molecule has 2 aromatic rings. The van der Waals surface area contributed by atoms with Crippen molar-refractivity contribution in [2.45, 2.75) is 30.5 Å². The van der Waals surface area contributed by atoms with Crippen LogP contribution in [0.3, 0.4) is 0 Å². The molecule has 1 aliphatic heterocycles. The van der Waals surface area contributed by atoms with Crippen LogP contribution in [0.1, 0.15) is 19.3 Å². The molecular formula is C14H16FN3OS. The molecule has 1 aliphatic rings. The van der Waals surface area contributed by atoms with E-state index in [1.165, 1.54) is 12.5 Å². The number of halogens is 1. The number of aromatic amines is 1. The number of nitrogens with one attached hydrogen (secondary N) is 1. The van der Waals surface area contributed by atoms with Crippen LogP contribution < -0.4 is 0 Å². The summed E-state index contributed by atoms with van der Waals surface area (Å²) in [6.07, 6.45) is 3.75. The minimum atomic E-state index is -0.296. The van der Waals surface area contributed by atoms with Gasteiger partial charge in [0.15, 0.2) is 5.82 Å². The molecule has 1 fully saturated rings. The van der Waals surface area contributed by atoms with Crippen molar-refractivity contribution in [1.29, 1.82) is 0 Å². The maximum absolute atomic E-state index is 13.6. The van der Waals surface area contributed by atoms with E-state index >= 15 is 0 Å². The van der Waals surface area contributed by atoms with Crippen LogP contribution >= 0.6 is 11.8 Å². The summed E-state index contributed by atoms with van der Waals surface area (Å²) in [5.41, 5.74) is 0.445. The van der Waals surface area contributed by atoms with Crippen molar-refractivity contribution in [2.24, 2.45) is 0 Å². The van der Waals surface area contributed by atoms with Gasteiger partial charge in [-0.15, -0.1) is 5.10 Å². The predicted octanol–water partition coefficient (Wildman–Crippen LogP) is 3.27. The minimum Gasteiger partial charge on any atom is -0.377 e. The monoisotopic (exact) mass is 293 g/mol. The molecule has 1 atom stereocenters. The molecule has 1 aromatic heterocycles. The van der Waals surface area contributed by atoms with Crippen LogP contribution in [0.15, 0.2) is 29.4 Å². The van der Waals surface area contributed by atoms with Gasteiger partial charge in [0.05, 0.1) is 11.7 Å². The first-order valence-corrected chi connectivity index (χ1v) is 7.73. The predicted molar refractivity (Wildman–Crippen MR) is 76.1 cm³/mol. The number of hydrogen-bond acceptors (Lipinski definition) is 4. The van der Waals surface area contributed by atoms with Crippen molar-refractivity contribution >= 4 is 11.8 Å². The maximum Gasteiger partial charge on any atom is 0.208 e. The van der Waals surface area contributed by atoms with E-state index < -0.39 is 0 Å². The molecule has 20 heavy (non-hydrogen) atoms. The number of ether oxygens (including phenoxy) is 1. The summed E-state index contributed by atoms with van der Waals surface area (Å²) in [7, 11) is 0. The Labute approximate surface area is 121 Å². The van der Waals surface area contributed by atoms with Crippen molar-refractivity contribution in [1.82, 2.24) is 15.2 Å². The second-order valence-electron chi connectivity index (χ2n) is 4.75. The summed E-state index contributed by atoms with van der Waals surface area (Å²) in [5.74, 6) is 1.01.